The molecule has 0 spiro atoms. The maximum atomic E-state index is 13.1. The molecule has 1 fully saturated rings. The number of amides is 1. The van der Waals surface area contributed by atoms with Crippen LogP contribution in [-0.2, 0) is 9.59 Å². The first-order valence-corrected chi connectivity index (χ1v) is 9.01. The number of aromatic amines is 1. The zero-order valence-corrected chi connectivity index (χ0v) is 14.8. The summed E-state index contributed by atoms with van der Waals surface area (Å²) in [7, 11) is 0. The molecule has 1 saturated heterocycles. The van der Waals surface area contributed by atoms with Gasteiger partial charge in [-0.1, -0.05) is 18.2 Å². The minimum absolute atomic E-state index is 0.0164. The number of carbonyl (C=O) groups is 2. The van der Waals surface area contributed by atoms with Crippen LogP contribution in [-0.4, -0.2) is 39.9 Å². The van der Waals surface area contributed by atoms with Gasteiger partial charge in [0.2, 0.25) is 0 Å². The molecule has 1 N–H and O–H groups in total. The number of H-pyrrole nitrogens is 1. The molecule has 2 aliphatic heterocycles. The smallest absolute Gasteiger partial charge is 0.270 e. The number of para-hydroxylation sites is 1. The van der Waals surface area contributed by atoms with Crippen LogP contribution in [0.3, 0.4) is 0 Å². The summed E-state index contributed by atoms with van der Waals surface area (Å²) in [5.41, 5.74) is 2.35. The van der Waals surface area contributed by atoms with Crippen LogP contribution in [0.1, 0.15) is 37.9 Å². The molecular weight excluding hydrogens is 328 g/mol. The van der Waals surface area contributed by atoms with Crippen molar-refractivity contribution in [3.05, 3.63) is 54.4 Å². The minimum atomic E-state index is -0.414. The van der Waals surface area contributed by atoms with Crippen LogP contribution in [0.4, 0.5) is 5.69 Å². The van der Waals surface area contributed by atoms with E-state index in [-0.39, 0.29) is 17.7 Å². The van der Waals surface area contributed by atoms with Crippen LogP contribution in [0, 0.1) is 0 Å². The quantitative estimate of drug-likeness (QED) is 0.922. The van der Waals surface area contributed by atoms with Gasteiger partial charge in [-0.15, -0.1) is 0 Å². The fourth-order valence-corrected chi connectivity index (χ4v) is 3.82. The van der Waals surface area contributed by atoms with Gasteiger partial charge in [0, 0.05) is 24.9 Å². The summed E-state index contributed by atoms with van der Waals surface area (Å²) in [6.45, 7) is 2.28. The highest BCUT2D eigenvalue weighted by Crippen LogP contribution is 2.33. The van der Waals surface area contributed by atoms with Crippen molar-refractivity contribution in [2.75, 3.05) is 11.6 Å². The summed E-state index contributed by atoms with van der Waals surface area (Å²) in [6.07, 6.45) is 4.16. The SMILES string of the molecule is CC(=O)C1CC(C(=O)N2CCCC2c2ccc[nH]2)=NN1c1ccccc1. The molecule has 1 aromatic carbocycles. The van der Waals surface area contributed by atoms with Crippen molar-refractivity contribution in [1.82, 2.24) is 9.88 Å². The number of carbonyl (C=O) groups excluding carboxylic acids is 2. The summed E-state index contributed by atoms with van der Waals surface area (Å²) in [5.74, 6) is -0.0467. The van der Waals surface area contributed by atoms with Crippen LogP contribution in [0.5, 0.6) is 0 Å². The highest BCUT2D eigenvalue weighted by atomic mass is 16.2. The van der Waals surface area contributed by atoms with Crippen molar-refractivity contribution in [1.29, 1.82) is 0 Å². The molecule has 2 aromatic rings. The fraction of sp³-hybridized carbons (Fsp3) is 0.350. The van der Waals surface area contributed by atoms with E-state index >= 15 is 0 Å². The van der Waals surface area contributed by atoms with E-state index in [0.29, 0.717) is 12.1 Å². The lowest BCUT2D eigenvalue weighted by Crippen LogP contribution is -2.37. The molecule has 3 heterocycles. The third-order valence-corrected chi connectivity index (χ3v) is 5.14. The van der Waals surface area contributed by atoms with E-state index in [1.54, 1.807) is 11.9 Å². The predicted octanol–water partition coefficient (Wildman–Crippen LogP) is 2.90. The van der Waals surface area contributed by atoms with Gasteiger partial charge in [-0.05, 0) is 44.0 Å². The second-order valence-corrected chi connectivity index (χ2v) is 6.84. The van der Waals surface area contributed by atoms with Crippen LogP contribution in [0.2, 0.25) is 0 Å². The van der Waals surface area contributed by atoms with E-state index in [1.165, 1.54) is 0 Å². The Morgan fingerprint density at radius 2 is 1.96 bits per heavy atom. The number of Topliss-reactive ketones (excluding diaryl/α,β-unsaturated/α-hetero) is 1. The molecule has 4 rings (SSSR count). The molecule has 0 radical (unpaired) electrons. The highest BCUT2D eigenvalue weighted by Gasteiger charge is 2.39. The fourth-order valence-electron chi connectivity index (χ4n) is 3.82. The van der Waals surface area contributed by atoms with Crippen molar-refractivity contribution in [2.24, 2.45) is 5.10 Å². The summed E-state index contributed by atoms with van der Waals surface area (Å²) in [5, 5.41) is 6.24. The first kappa shape index (κ1) is 16.6. The van der Waals surface area contributed by atoms with E-state index in [2.05, 4.69) is 10.1 Å². The van der Waals surface area contributed by atoms with Gasteiger partial charge in [-0.2, -0.15) is 5.10 Å². The summed E-state index contributed by atoms with van der Waals surface area (Å²) in [4.78, 5) is 30.4. The van der Waals surface area contributed by atoms with Gasteiger partial charge in [0.05, 0.1) is 11.7 Å². The molecule has 6 nitrogen and oxygen atoms in total. The number of nitrogens with zero attached hydrogens (tertiary/aromatic N) is 3. The Balaban J connectivity index is 1.60. The Morgan fingerprint density at radius 1 is 1.15 bits per heavy atom. The first-order valence-electron chi connectivity index (χ1n) is 9.01. The third kappa shape index (κ3) is 2.92. The third-order valence-electron chi connectivity index (χ3n) is 5.14. The molecule has 0 saturated carbocycles. The molecule has 0 bridgehead atoms. The molecule has 0 aliphatic carbocycles. The molecule has 134 valence electrons. The van der Waals surface area contributed by atoms with Gasteiger partial charge in [-0.25, -0.2) is 0 Å². The lowest BCUT2D eigenvalue weighted by molar-refractivity contribution is -0.125. The average molecular weight is 350 g/mol. The zero-order chi connectivity index (χ0) is 18.1. The topological polar surface area (TPSA) is 68.8 Å². The number of hydrogen-bond acceptors (Lipinski definition) is 4. The largest absolute Gasteiger partial charge is 0.363 e. The summed E-state index contributed by atoms with van der Waals surface area (Å²) in [6, 6.07) is 13.2. The summed E-state index contributed by atoms with van der Waals surface area (Å²) >= 11 is 0. The lowest BCUT2D eigenvalue weighted by atomic mass is 10.1. The van der Waals surface area contributed by atoms with Crippen molar-refractivity contribution in [3.63, 3.8) is 0 Å². The number of ketones is 1. The van der Waals surface area contributed by atoms with Crippen molar-refractivity contribution >= 4 is 23.1 Å². The van der Waals surface area contributed by atoms with Gasteiger partial charge in [0.25, 0.3) is 5.91 Å². The van der Waals surface area contributed by atoms with Crippen LogP contribution < -0.4 is 5.01 Å². The number of anilines is 1. The van der Waals surface area contributed by atoms with Gasteiger partial charge in [0.15, 0.2) is 5.78 Å². The van der Waals surface area contributed by atoms with E-state index in [0.717, 1.165) is 30.8 Å². The molecule has 1 amide bonds. The number of likely N-dealkylation sites (tertiary alicyclic amines) is 1. The molecule has 2 unspecified atom stereocenters. The first-order chi connectivity index (χ1) is 12.6. The number of rotatable bonds is 4. The highest BCUT2D eigenvalue weighted by molar-refractivity contribution is 6.40. The average Bonchev–Trinajstić information content (AvgIpc) is 3.41. The Kier molecular flexibility index (Phi) is 4.32. The Bertz CT molecular complexity index is 829. The maximum Gasteiger partial charge on any atom is 0.270 e. The molecule has 1 aromatic heterocycles. The second-order valence-electron chi connectivity index (χ2n) is 6.84. The van der Waals surface area contributed by atoms with Crippen molar-refractivity contribution in [3.8, 4) is 0 Å². The molecule has 2 atom stereocenters. The maximum absolute atomic E-state index is 13.1. The van der Waals surface area contributed by atoms with E-state index in [4.69, 9.17) is 0 Å². The van der Waals surface area contributed by atoms with Crippen LogP contribution in [0.25, 0.3) is 0 Å². The molecular formula is C20H22N4O2. The lowest BCUT2D eigenvalue weighted by Gasteiger charge is -2.23. The molecule has 26 heavy (non-hydrogen) atoms. The molecule has 2 aliphatic rings. The van der Waals surface area contributed by atoms with Gasteiger partial charge < -0.3 is 9.88 Å². The Hall–Kier alpha value is -2.89. The Labute approximate surface area is 152 Å². The standard InChI is InChI=1S/C20H22N4O2/c1-14(25)19-13-17(22-24(19)15-7-3-2-4-8-15)20(26)23-12-6-10-18(23)16-9-5-11-21-16/h2-5,7-9,11,18-19,21H,6,10,12-13H2,1H3. The molecule has 6 heteroatoms. The van der Waals surface area contributed by atoms with Gasteiger partial charge in [0.1, 0.15) is 11.8 Å². The van der Waals surface area contributed by atoms with Crippen molar-refractivity contribution < 1.29 is 9.59 Å². The van der Waals surface area contributed by atoms with Crippen LogP contribution in [0.15, 0.2) is 53.8 Å². The van der Waals surface area contributed by atoms with Crippen LogP contribution >= 0.6 is 0 Å². The normalized spacial score (nSPS) is 22.6. The number of nitrogens with one attached hydrogen (secondary N) is 1. The van der Waals surface area contributed by atoms with E-state index in [1.807, 2.05) is 53.6 Å². The Morgan fingerprint density at radius 3 is 2.65 bits per heavy atom. The van der Waals surface area contributed by atoms with E-state index < -0.39 is 6.04 Å². The van der Waals surface area contributed by atoms with Gasteiger partial charge >= 0.3 is 0 Å². The summed E-state index contributed by atoms with van der Waals surface area (Å²) < 4.78 is 0. The number of hydrazone groups is 1. The van der Waals surface area contributed by atoms with E-state index in [9.17, 15) is 9.59 Å². The zero-order valence-electron chi connectivity index (χ0n) is 14.8. The van der Waals surface area contributed by atoms with Gasteiger partial charge in [-0.3, -0.25) is 14.6 Å². The number of aromatic nitrogens is 1. The second kappa shape index (κ2) is 6.78. The number of benzene rings is 1. The monoisotopic (exact) mass is 350 g/mol. The number of hydrogen-bond donors (Lipinski definition) is 1. The predicted molar refractivity (Wildman–Crippen MR) is 99.9 cm³/mol. The minimum Gasteiger partial charge on any atom is -0.363 e. The van der Waals surface area contributed by atoms with Crippen molar-refractivity contribution in [2.45, 2.75) is 38.3 Å².